The largest absolute Gasteiger partial charge is 0.490 e. The number of carbonyl (C=O) groups is 1. The van der Waals surface area contributed by atoms with E-state index in [1.165, 1.54) is 19.2 Å². The molecular formula is C10H11NO4S. The molecule has 0 bridgehead atoms. The maximum Gasteiger partial charge on any atom is 0.311 e. The molecule has 0 atom stereocenters. The first-order valence-corrected chi connectivity index (χ1v) is 5.02. The van der Waals surface area contributed by atoms with Crippen LogP contribution < -0.4 is 4.74 Å². The lowest BCUT2D eigenvalue weighted by Crippen LogP contribution is -1.97. The molecule has 5 nitrogen and oxygen atoms in total. The van der Waals surface area contributed by atoms with Crippen molar-refractivity contribution in [3.63, 3.8) is 0 Å². The first kappa shape index (κ1) is 12.5. The number of methoxy groups -OCH3 is 1. The number of ether oxygens (including phenoxy) is 1. The van der Waals surface area contributed by atoms with Crippen LogP contribution in [0.5, 0.6) is 5.75 Å². The number of rotatable bonds is 5. The predicted molar refractivity (Wildman–Crippen MR) is 62.0 cm³/mol. The van der Waals surface area contributed by atoms with E-state index in [0.717, 1.165) is 5.56 Å². The van der Waals surface area contributed by atoms with Crippen molar-refractivity contribution in [3.05, 3.63) is 33.9 Å². The van der Waals surface area contributed by atoms with E-state index in [0.29, 0.717) is 6.42 Å². The van der Waals surface area contributed by atoms with Gasteiger partial charge < -0.3 is 4.74 Å². The molecule has 0 aromatic heterocycles. The van der Waals surface area contributed by atoms with Gasteiger partial charge in [0.2, 0.25) is 0 Å². The minimum absolute atomic E-state index is 0.0911. The minimum Gasteiger partial charge on any atom is -0.490 e. The summed E-state index contributed by atoms with van der Waals surface area (Å²) in [6, 6.07) is 4.63. The summed E-state index contributed by atoms with van der Waals surface area (Å²) in [4.78, 5) is 20.9. The van der Waals surface area contributed by atoms with Gasteiger partial charge in [-0.3, -0.25) is 14.9 Å². The van der Waals surface area contributed by atoms with Crippen LogP contribution in [0.4, 0.5) is 5.69 Å². The number of nitrogens with zero attached hydrogens (tertiary/aromatic N) is 1. The first-order valence-electron chi connectivity index (χ1n) is 4.57. The van der Waals surface area contributed by atoms with E-state index in [2.05, 4.69) is 12.6 Å². The van der Waals surface area contributed by atoms with Crippen molar-refractivity contribution in [3.8, 4) is 5.75 Å². The number of nitro groups is 1. The Bertz CT molecular complexity index is 419. The molecule has 1 aromatic carbocycles. The zero-order chi connectivity index (χ0) is 12.1. The van der Waals surface area contributed by atoms with Gasteiger partial charge in [0.1, 0.15) is 0 Å². The molecule has 0 N–H and O–H groups in total. The van der Waals surface area contributed by atoms with Crippen molar-refractivity contribution >= 4 is 23.4 Å². The smallest absolute Gasteiger partial charge is 0.311 e. The van der Waals surface area contributed by atoms with E-state index < -0.39 is 4.92 Å². The Morgan fingerprint density at radius 2 is 2.25 bits per heavy atom. The second kappa shape index (κ2) is 5.50. The van der Waals surface area contributed by atoms with Crippen LogP contribution in [-0.2, 0) is 11.2 Å². The second-order valence-corrected chi connectivity index (χ2v) is 3.66. The number of hydrogen-bond acceptors (Lipinski definition) is 4. The van der Waals surface area contributed by atoms with Crippen LogP contribution in [0.3, 0.4) is 0 Å². The third-order valence-electron chi connectivity index (χ3n) is 2.07. The molecule has 0 fully saturated rings. The number of hydrogen-bond donors (Lipinski definition) is 1. The highest BCUT2D eigenvalue weighted by molar-refractivity contribution is 7.96. The number of carbonyl (C=O) groups excluding carboxylic acids is 1. The minimum atomic E-state index is -0.509. The van der Waals surface area contributed by atoms with Crippen molar-refractivity contribution in [2.45, 2.75) is 12.8 Å². The van der Waals surface area contributed by atoms with E-state index in [1.807, 2.05) is 0 Å². The second-order valence-electron chi connectivity index (χ2n) is 3.16. The van der Waals surface area contributed by atoms with Crippen LogP contribution >= 0.6 is 12.6 Å². The third kappa shape index (κ3) is 3.23. The molecule has 6 heteroatoms. The zero-order valence-electron chi connectivity index (χ0n) is 8.67. The Hall–Kier alpha value is -1.56. The van der Waals surface area contributed by atoms with Gasteiger partial charge in [-0.05, 0) is 18.1 Å². The highest BCUT2D eigenvalue weighted by atomic mass is 32.1. The molecule has 0 saturated carbocycles. The molecule has 1 rings (SSSR count). The van der Waals surface area contributed by atoms with Gasteiger partial charge in [0, 0.05) is 12.5 Å². The van der Waals surface area contributed by atoms with E-state index in [9.17, 15) is 14.9 Å². The summed E-state index contributed by atoms with van der Waals surface area (Å²) in [5.41, 5.74) is 0.626. The summed E-state index contributed by atoms with van der Waals surface area (Å²) in [6.45, 7) is 0. The monoisotopic (exact) mass is 241 g/mol. The van der Waals surface area contributed by atoms with Gasteiger partial charge in [0.15, 0.2) is 10.9 Å². The molecule has 0 unspecified atom stereocenters. The van der Waals surface area contributed by atoms with Crippen LogP contribution in [0.15, 0.2) is 18.2 Å². The summed E-state index contributed by atoms with van der Waals surface area (Å²) in [7, 11) is 1.37. The molecule has 86 valence electrons. The lowest BCUT2D eigenvalue weighted by atomic mass is 10.1. The highest BCUT2D eigenvalue weighted by Crippen LogP contribution is 2.27. The van der Waals surface area contributed by atoms with Crippen LogP contribution in [0.1, 0.15) is 12.0 Å². The maximum absolute atomic E-state index is 10.7. The van der Waals surface area contributed by atoms with Crippen molar-refractivity contribution in [2.24, 2.45) is 0 Å². The van der Waals surface area contributed by atoms with E-state index >= 15 is 0 Å². The summed E-state index contributed by atoms with van der Waals surface area (Å²) >= 11 is 3.64. The lowest BCUT2D eigenvalue weighted by Gasteiger charge is -2.03. The molecule has 0 radical (unpaired) electrons. The Kier molecular flexibility index (Phi) is 4.30. The number of thiol groups is 1. The van der Waals surface area contributed by atoms with Crippen molar-refractivity contribution in [2.75, 3.05) is 7.11 Å². The van der Waals surface area contributed by atoms with E-state index in [4.69, 9.17) is 4.74 Å². The lowest BCUT2D eigenvalue weighted by molar-refractivity contribution is -0.385. The molecular weight excluding hydrogens is 230 g/mol. The molecule has 0 aliphatic carbocycles. The van der Waals surface area contributed by atoms with Crippen molar-refractivity contribution < 1.29 is 14.5 Å². The van der Waals surface area contributed by atoms with Crippen molar-refractivity contribution in [1.29, 1.82) is 0 Å². The fourth-order valence-corrected chi connectivity index (χ4v) is 1.40. The number of aryl methyl sites for hydroxylation is 1. The van der Waals surface area contributed by atoms with Crippen molar-refractivity contribution in [1.82, 2.24) is 0 Å². The fourth-order valence-electron chi connectivity index (χ4n) is 1.29. The molecule has 0 spiro atoms. The average Bonchev–Trinajstić information content (AvgIpc) is 2.25. The van der Waals surface area contributed by atoms with Gasteiger partial charge in [-0.1, -0.05) is 6.07 Å². The van der Waals surface area contributed by atoms with E-state index in [-0.39, 0.29) is 23.0 Å². The van der Waals surface area contributed by atoms with Gasteiger partial charge in [-0.2, -0.15) is 0 Å². The van der Waals surface area contributed by atoms with Crippen LogP contribution in [0.2, 0.25) is 0 Å². The summed E-state index contributed by atoms with van der Waals surface area (Å²) in [5, 5.41) is 10.5. The molecule has 0 aliphatic heterocycles. The van der Waals surface area contributed by atoms with E-state index in [1.54, 1.807) is 6.07 Å². The van der Waals surface area contributed by atoms with Gasteiger partial charge in [0.25, 0.3) is 0 Å². The third-order valence-corrected chi connectivity index (χ3v) is 2.29. The summed E-state index contributed by atoms with van der Waals surface area (Å²) in [6.07, 6.45) is 0.694. The Balaban J connectivity index is 2.93. The maximum atomic E-state index is 10.7. The average molecular weight is 241 g/mol. The number of nitro benzene ring substituents is 1. The molecule has 0 heterocycles. The summed E-state index contributed by atoms with van der Waals surface area (Å²) in [5.74, 6) is 0.214. The van der Waals surface area contributed by atoms with Gasteiger partial charge in [-0.25, -0.2) is 0 Å². The van der Waals surface area contributed by atoms with Gasteiger partial charge in [0.05, 0.1) is 12.0 Å². The molecule has 0 aliphatic rings. The predicted octanol–water partition coefficient (Wildman–Crippen LogP) is 1.99. The normalized spacial score (nSPS) is 9.88. The SMILES string of the molecule is COc1ccc(CCC(=O)S)cc1[N+](=O)[O-]. The summed E-state index contributed by atoms with van der Waals surface area (Å²) < 4.78 is 4.86. The molecule has 1 aromatic rings. The Labute approximate surface area is 98.0 Å². The van der Waals surface area contributed by atoms with Crippen LogP contribution in [0.25, 0.3) is 0 Å². The van der Waals surface area contributed by atoms with Crippen LogP contribution in [-0.4, -0.2) is 17.1 Å². The fraction of sp³-hybridized carbons (Fsp3) is 0.300. The molecule has 16 heavy (non-hydrogen) atoms. The number of benzene rings is 1. The Morgan fingerprint density at radius 3 is 2.75 bits per heavy atom. The van der Waals surface area contributed by atoms with Crippen LogP contribution in [0, 0.1) is 10.1 Å². The molecule has 0 amide bonds. The first-order chi connectivity index (χ1) is 7.54. The standard InChI is InChI=1S/C10H11NO4S/c1-15-9-4-2-7(3-5-10(12)16)6-8(9)11(13)14/h2,4,6H,3,5H2,1H3,(H,12,16). The Morgan fingerprint density at radius 1 is 1.56 bits per heavy atom. The highest BCUT2D eigenvalue weighted by Gasteiger charge is 2.15. The van der Waals surface area contributed by atoms with Gasteiger partial charge >= 0.3 is 5.69 Å². The quantitative estimate of drug-likeness (QED) is 0.486. The molecule has 0 saturated heterocycles. The zero-order valence-corrected chi connectivity index (χ0v) is 9.57. The topological polar surface area (TPSA) is 69.4 Å². The van der Waals surface area contributed by atoms with Gasteiger partial charge in [-0.15, -0.1) is 12.6 Å².